The van der Waals surface area contributed by atoms with Crippen LogP contribution in [-0.2, 0) is 10.0 Å². The van der Waals surface area contributed by atoms with Crippen molar-refractivity contribution in [3.05, 3.63) is 83.7 Å². The molecule has 0 heterocycles. The maximum absolute atomic E-state index is 13.2. The molecule has 0 bridgehead atoms. The number of amides is 1. The van der Waals surface area contributed by atoms with Gasteiger partial charge >= 0.3 is 0 Å². The summed E-state index contributed by atoms with van der Waals surface area (Å²) >= 11 is 0. The number of carbonyl (C=O) groups is 1. The first-order valence-corrected chi connectivity index (χ1v) is 10.2. The van der Waals surface area contributed by atoms with Crippen LogP contribution in [0.4, 0.5) is 10.1 Å². The van der Waals surface area contributed by atoms with E-state index in [2.05, 4.69) is 10.0 Å². The number of sulfonamides is 1. The minimum absolute atomic E-state index is 0.00888. The summed E-state index contributed by atoms with van der Waals surface area (Å²) < 4.78 is 45.0. The molecule has 0 saturated carbocycles. The molecule has 0 aliphatic rings. The van der Waals surface area contributed by atoms with E-state index in [0.29, 0.717) is 22.7 Å². The van der Waals surface area contributed by atoms with Gasteiger partial charge in [0.1, 0.15) is 17.3 Å². The van der Waals surface area contributed by atoms with Gasteiger partial charge in [0.05, 0.1) is 4.90 Å². The zero-order chi connectivity index (χ0) is 21.0. The minimum Gasteiger partial charge on any atom is -0.457 e. The lowest BCUT2D eigenvalue weighted by Gasteiger charge is -2.11. The van der Waals surface area contributed by atoms with Crippen LogP contribution in [0.2, 0.25) is 0 Å². The Morgan fingerprint density at radius 3 is 2.34 bits per heavy atom. The van der Waals surface area contributed by atoms with Gasteiger partial charge in [0.15, 0.2) is 0 Å². The highest BCUT2D eigenvalue weighted by Crippen LogP contribution is 2.24. The highest BCUT2D eigenvalue weighted by molar-refractivity contribution is 7.89. The van der Waals surface area contributed by atoms with Gasteiger partial charge in [-0.25, -0.2) is 17.5 Å². The predicted octanol–water partition coefficient (Wildman–Crippen LogP) is 4.09. The Hall–Kier alpha value is -3.23. The Kier molecular flexibility index (Phi) is 5.95. The Labute approximate surface area is 168 Å². The molecule has 0 fully saturated rings. The van der Waals surface area contributed by atoms with Crippen molar-refractivity contribution in [2.24, 2.45) is 0 Å². The number of rotatable bonds is 6. The van der Waals surface area contributed by atoms with Crippen LogP contribution in [0.15, 0.2) is 71.6 Å². The molecule has 2 N–H and O–H groups in total. The summed E-state index contributed by atoms with van der Waals surface area (Å²) in [7, 11) is -2.35. The van der Waals surface area contributed by atoms with Crippen molar-refractivity contribution in [3.63, 3.8) is 0 Å². The number of halogens is 1. The number of ether oxygens (including phenoxy) is 1. The van der Waals surface area contributed by atoms with E-state index in [1.807, 2.05) is 0 Å². The second-order valence-corrected chi connectivity index (χ2v) is 8.11. The second-order valence-electron chi connectivity index (χ2n) is 6.22. The third-order valence-corrected chi connectivity index (χ3v) is 5.59. The van der Waals surface area contributed by atoms with E-state index in [1.54, 1.807) is 49.4 Å². The van der Waals surface area contributed by atoms with Gasteiger partial charge in [-0.15, -0.1) is 0 Å². The quantitative estimate of drug-likeness (QED) is 0.636. The molecule has 0 atom stereocenters. The Bertz CT molecular complexity index is 1150. The molecule has 6 nitrogen and oxygen atoms in total. The van der Waals surface area contributed by atoms with Crippen LogP contribution in [-0.4, -0.2) is 21.4 Å². The number of nitrogens with one attached hydrogen (secondary N) is 2. The lowest BCUT2D eigenvalue weighted by atomic mass is 10.1. The lowest BCUT2D eigenvalue weighted by Crippen LogP contribution is -2.20. The molecule has 8 heteroatoms. The summed E-state index contributed by atoms with van der Waals surface area (Å²) in [5.41, 5.74) is 1.40. The number of hydrogen-bond acceptors (Lipinski definition) is 4. The third kappa shape index (κ3) is 4.98. The molecule has 0 aliphatic carbocycles. The highest BCUT2D eigenvalue weighted by atomic mass is 32.2. The zero-order valence-electron chi connectivity index (χ0n) is 15.8. The Morgan fingerprint density at radius 2 is 1.69 bits per heavy atom. The molecular formula is C21H19FN2O4S. The van der Waals surface area contributed by atoms with Gasteiger partial charge in [-0.1, -0.05) is 12.1 Å². The van der Waals surface area contributed by atoms with Crippen molar-refractivity contribution < 1.29 is 22.3 Å². The number of carbonyl (C=O) groups excluding carboxylic acids is 1. The second kappa shape index (κ2) is 8.42. The van der Waals surface area contributed by atoms with Crippen LogP contribution in [0.25, 0.3) is 0 Å². The first kappa shape index (κ1) is 20.5. The summed E-state index contributed by atoms with van der Waals surface area (Å²) in [5, 5.41) is 2.73. The summed E-state index contributed by atoms with van der Waals surface area (Å²) in [6.07, 6.45) is 0. The average molecular weight is 414 g/mol. The third-order valence-electron chi connectivity index (χ3n) is 4.18. The largest absolute Gasteiger partial charge is 0.457 e. The fourth-order valence-corrected chi connectivity index (χ4v) is 3.36. The van der Waals surface area contributed by atoms with Crippen LogP contribution in [0.5, 0.6) is 11.5 Å². The number of hydrogen-bond donors (Lipinski definition) is 2. The molecule has 0 aromatic heterocycles. The molecule has 1 amide bonds. The van der Waals surface area contributed by atoms with E-state index >= 15 is 0 Å². The molecule has 0 spiro atoms. The van der Waals surface area contributed by atoms with Crippen molar-refractivity contribution in [2.75, 3.05) is 12.4 Å². The van der Waals surface area contributed by atoms with Crippen LogP contribution < -0.4 is 14.8 Å². The van der Waals surface area contributed by atoms with Crippen LogP contribution in [0, 0.1) is 12.7 Å². The molecule has 0 saturated heterocycles. The van der Waals surface area contributed by atoms with Crippen LogP contribution in [0.3, 0.4) is 0 Å². The van der Waals surface area contributed by atoms with Gasteiger partial charge in [-0.05, 0) is 68.1 Å². The van der Waals surface area contributed by atoms with E-state index in [9.17, 15) is 17.6 Å². The average Bonchev–Trinajstić information content (AvgIpc) is 2.69. The van der Waals surface area contributed by atoms with Gasteiger partial charge in [-0.3, -0.25) is 4.79 Å². The molecule has 150 valence electrons. The van der Waals surface area contributed by atoms with Gasteiger partial charge in [0.25, 0.3) is 5.91 Å². The number of benzene rings is 3. The standard InChI is InChI=1S/C21H19FN2O4S/c1-14-6-11-19(29(26,27)23-2)13-20(14)21(25)24-16-7-9-17(10-8-16)28-18-5-3-4-15(22)12-18/h3-13,23H,1-2H3,(H,24,25). The SMILES string of the molecule is CNS(=O)(=O)c1ccc(C)c(C(=O)Nc2ccc(Oc3cccc(F)c3)cc2)c1. The van der Waals surface area contributed by atoms with Crippen molar-refractivity contribution in [1.82, 2.24) is 4.72 Å². The topological polar surface area (TPSA) is 84.5 Å². The monoisotopic (exact) mass is 414 g/mol. The van der Waals surface area contributed by atoms with Crippen molar-refractivity contribution >= 4 is 21.6 Å². The Morgan fingerprint density at radius 1 is 0.966 bits per heavy atom. The number of aryl methyl sites for hydroxylation is 1. The van der Waals surface area contributed by atoms with E-state index in [-0.39, 0.29) is 10.5 Å². The van der Waals surface area contributed by atoms with E-state index in [0.717, 1.165) is 0 Å². The Balaban J connectivity index is 1.75. The van der Waals surface area contributed by atoms with Gasteiger partial charge in [0.2, 0.25) is 10.0 Å². The van der Waals surface area contributed by atoms with Crippen molar-refractivity contribution in [2.45, 2.75) is 11.8 Å². The minimum atomic E-state index is -3.66. The summed E-state index contributed by atoms with van der Waals surface area (Å²) in [5.74, 6) is 0.00517. The number of anilines is 1. The van der Waals surface area contributed by atoms with Gasteiger partial charge in [0, 0.05) is 17.3 Å². The molecule has 0 radical (unpaired) electrons. The summed E-state index contributed by atoms with van der Waals surface area (Å²) in [6, 6.07) is 16.7. The van der Waals surface area contributed by atoms with Crippen LogP contribution in [0.1, 0.15) is 15.9 Å². The van der Waals surface area contributed by atoms with Crippen molar-refractivity contribution in [3.8, 4) is 11.5 Å². The zero-order valence-corrected chi connectivity index (χ0v) is 16.6. The maximum Gasteiger partial charge on any atom is 0.255 e. The normalized spacial score (nSPS) is 11.1. The maximum atomic E-state index is 13.2. The molecule has 3 aromatic rings. The van der Waals surface area contributed by atoms with Gasteiger partial charge < -0.3 is 10.1 Å². The highest BCUT2D eigenvalue weighted by Gasteiger charge is 2.16. The van der Waals surface area contributed by atoms with E-state index in [4.69, 9.17) is 4.74 Å². The smallest absolute Gasteiger partial charge is 0.255 e. The van der Waals surface area contributed by atoms with E-state index < -0.39 is 21.7 Å². The fourth-order valence-electron chi connectivity index (χ4n) is 2.60. The molecule has 0 unspecified atom stereocenters. The van der Waals surface area contributed by atoms with Crippen molar-refractivity contribution in [1.29, 1.82) is 0 Å². The molecular weight excluding hydrogens is 395 g/mol. The van der Waals surface area contributed by atoms with Crippen LogP contribution >= 0.6 is 0 Å². The summed E-state index contributed by atoms with van der Waals surface area (Å²) in [6.45, 7) is 1.72. The molecule has 3 aromatic carbocycles. The lowest BCUT2D eigenvalue weighted by molar-refractivity contribution is 0.102. The summed E-state index contributed by atoms with van der Waals surface area (Å²) in [4.78, 5) is 12.6. The predicted molar refractivity (Wildman–Crippen MR) is 108 cm³/mol. The fraction of sp³-hybridized carbons (Fsp3) is 0.0952. The van der Waals surface area contributed by atoms with Gasteiger partial charge in [-0.2, -0.15) is 0 Å². The molecule has 0 aliphatic heterocycles. The van der Waals surface area contributed by atoms with E-state index in [1.165, 1.54) is 31.3 Å². The molecule has 29 heavy (non-hydrogen) atoms. The first-order valence-electron chi connectivity index (χ1n) is 8.67. The first-order chi connectivity index (χ1) is 13.8. The molecule has 3 rings (SSSR count).